The van der Waals surface area contributed by atoms with Gasteiger partial charge in [0.1, 0.15) is 4.88 Å². The summed E-state index contributed by atoms with van der Waals surface area (Å²) >= 11 is 12.5. The second-order valence-electron chi connectivity index (χ2n) is 4.33. The first kappa shape index (κ1) is 14.8. The van der Waals surface area contributed by atoms with Gasteiger partial charge in [0.2, 0.25) is 0 Å². The quantitative estimate of drug-likeness (QED) is 0.656. The van der Waals surface area contributed by atoms with Crippen LogP contribution in [0.1, 0.15) is 14.5 Å². The fourth-order valence-electron chi connectivity index (χ4n) is 1.99. The van der Waals surface area contributed by atoms with Gasteiger partial charge in [-0.25, -0.2) is 0 Å². The Morgan fingerprint density at radius 2 is 2.19 bits per heavy atom. The molecule has 0 aliphatic rings. The van der Waals surface area contributed by atoms with Crippen LogP contribution < -0.4 is 11.1 Å². The highest BCUT2D eigenvalue weighted by atomic mass is 79.9. The fourth-order valence-corrected chi connectivity index (χ4v) is 4.82. The van der Waals surface area contributed by atoms with E-state index in [-0.39, 0.29) is 5.91 Å². The molecular weight excluding hydrogens is 392 g/mol. The first-order valence-electron chi connectivity index (χ1n) is 6.04. The first-order chi connectivity index (χ1) is 10.1. The lowest BCUT2D eigenvalue weighted by molar-refractivity contribution is 0.0956. The number of nitrogens with two attached hydrogens (primary N) is 1. The Hall–Kier alpha value is -1.08. The molecule has 2 aromatic heterocycles. The molecule has 21 heavy (non-hydrogen) atoms. The van der Waals surface area contributed by atoms with Gasteiger partial charge >= 0.3 is 0 Å². The first-order valence-corrected chi connectivity index (χ1v) is 8.91. The lowest BCUT2D eigenvalue weighted by atomic mass is 10.2. The summed E-state index contributed by atoms with van der Waals surface area (Å²) in [4.78, 5) is 13.9. The molecule has 0 bridgehead atoms. The van der Waals surface area contributed by atoms with Crippen LogP contribution in [0.2, 0.25) is 5.02 Å². The van der Waals surface area contributed by atoms with Crippen molar-refractivity contribution in [3.8, 4) is 0 Å². The van der Waals surface area contributed by atoms with Gasteiger partial charge in [-0.05, 0) is 39.5 Å². The zero-order chi connectivity index (χ0) is 15.0. The third-order valence-corrected chi connectivity index (χ3v) is 6.42. The minimum absolute atomic E-state index is 0.176. The predicted octanol–water partition coefficient (Wildman–Crippen LogP) is 4.89. The Morgan fingerprint density at radius 3 is 2.86 bits per heavy atom. The van der Waals surface area contributed by atoms with Crippen LogP contribution in [-0.2, 0) is 6.54 Å². The molecule has 2 heterocycles. The van der Waals surface area contributed by atoms with E-state index < -0.39 is 0 Å². The Balaban J connectivity index is 1.87. The molecule has 0 aliphatic carbocycles. The number of carbonyl (C=O) groups is 1. The molecule has 3 rings (SSSR count). The van der Waals surface area contributed by atoms with Gasteiger partial charge in [-0.15, -0.1) is 22.7 Å². The van der Waals surface area contributed by atoms with Crippen LogP contribution in [0.15, 0.2) is 34.1 Å². The van der Waals surface area contributed by atoms with Gasteiger partial charge in [0, 0.05) is 19.4 Å². The van der Waals surface area contributed by atoms with E-state index in [0.717, 1.165) is 19.4 Å². The average molecular weight is 402 g/mol. The highest BCUT2D eigenvalue weighted by molar-refractivity contribution is 9.10. The molecule has 0 saturated heterocycles. The number of nitrogen functional groups attached to an aromatic ring is 1. The maximum Gasteiger partial charge on any atom is 0.263 e. The van der Waals surface area contributed by atoms with Gasteiger partial charge in [-0.1, -0.05) is 17.7 Å². The third kappa shape index (κ3) is 2.81. The molecule has 0 atom stereocenters. The Bertz CT molecular complexity index is 828. The summed E-state index contributed by atoms with van der Waals surface area (Å²) in [7, 11) is 0. The van der Waals surface area contributed by atoms with E-state index in [0.29, 0.717) is 22.1 Å². The monoisotopic (exact) mass is 400 g/mol. The van der Waals surface area contributed by atoms with Crippen LogP contribution in [0.5, 0.6) is 0 Å². The van der Waals surface area contributed by atoms with E-state index in [9.17, 15) is 4.79 Å². The van der Waals surface area contributed by atoms with Crippen LogP contribution in [0.4, 0.5) is 5.69 Å². The molecule has 0 unspecified atom stereocenters. The van der Waals surface area contributed by atoms with Crippen molar-refractivity contribution < 1.29 is 4.79 Å². The summed E-state index contributed by atoms with van der Waals surface area (Å²) in [6.07, 6.45) is 0. The summed E-state index contributed by atoms with van der Waals surface area (Å²) in [5, 5.41) is 6.19. The van der Waals surface area contributed by atoms with Crippen molar-refractivity contribution in [2.45, 2.75) is 6.54 Å². The summed E-state index contributed by atoms with van der Waals surface area (Å²) in [5.41, 5.74) is 6.53. The molecule has 0 fully saturated rings. The minimum atomic E-state index is -0.176. The molecule has 108 valence electrons. The molecule has 3 aromatic rings. The number of halogens is 2. The lowest BCUT2D eigenvalue weighted by Crippen LogP contribution is -2.22. The van der Waals surface area contributed by atoms with Crippen LogP contribution in [-0.4, -0.2) is 5.91 Å². The SMILES string of the molecule is Nc1c(C(=O)NCc2sccc2Br)sc2cccc(Cl)c12. The summed E-state index contributed by atoms with van der Waals surface area (Å²) in [6, 6.07) is 7.50. The van der Waals surface area contributed by atoms with Gasteiger partial charge in [0.15, 0.2) is 0 Å². The van der Waals surface area contributed by atoms with E-state index in [1.165, 1.54) is 11.3 Å². The molecular formula is C14H10BrClN2OS2. The van der Waals surface area contributed by atoms with Crippen molar-refractivity contribution in [2.24, 2.45) is 0 Å². The van der Waals surface area contributed by atoms with Crippen LogP contribution in [0.3, 0.4) is 0 Å². The Labute approximate surface area is 142 Å². The maximum absolute atomic E-state index is 12.3. The number of benzene rings is 1. The van der Waals surface area contributed by atoms with E-state index in [1.54, 1.807) is 17.4 Å². The predicted molar refractivity (Wildman–Crippen MR) is 94.4 cm³/mol. The number of anilines is 1. The molecule has 7 heteroatoms. The van der Waals surface area contributed by atoms with Crippen molar-refractivity contribution in [1.29, 1.82) is 0 Å². The lowest BCUT2D eigenvalue weighted by Gasteiger charge is -2.03. The third-order valence-electron chi connectivity index (χ3n) is 3.01. The highest BCUT2D eigenvalue weighted by Crippen LogP contribution is 2.38. The molecule has 0 saturated carbocycles. The van der Waals surface area contributed by atoms with Crippen molar-refractivity contribution >= 4 is 71.9 Å². The van der Waals surface area contributed by atoms with Gasteiger partial charge in [-0.2, -0.15) is 0 Å². The van der Waals surface area contributed by atoms with Gasteiger partial charge in [0.25, 0.3) is 5.91 Å². The highest BCUT2D eigenvalue weighted by Gasteiger charge is 2.18. The number of hydrogen-bond donors (Lipinski definition) is 2. The Morgan fingerprint density at radius 1 is 1.38 bits per heavy atom. The molecule has 1 aromatic carbocycles. The number of carbonyl (C=O) groups excluding carboxylic acids is 1. The second kappa shape index (κ2) is 5.96. The number of thiophene rings is 2. The van der Waals surface area contributed by atoms with Gasteiger partial charge in [-0.3, -0.25) is 4.79 Å². The summed E-state index contributed by atoms with van der Waals surface area (Å²) in [5.74, 6) is -0.176. The van der Waals surface area contributed by atoms with E-state index >= 15 is 0 Å². The molecule has 3 nitrogen and oxygen atoms in total. The molecule has 3 N–H and O–H groups in total. The summed E-state index contributed by atoms with van der Waals surface area (Å²) < 4.78 is 1.92. The van der Waals surface area contributed by atoms with Crippen LogP contribution >= 0.6 is 50.2 Å². The number of fused-ring (bicyclic) bond motifs is 1. The van der Waals surface area contributed by atoms with Crippen molar-refractivity contribution in [2.75, 3.05) is 5.73 Å². The number of rotatable bonds is 3. The van der Waals surface area contributed by atoms with E-state index in [4.69, 9.17) is 17.3 Å². The van der Waals surface area contributed by atoms with Crippen LogP contribution in [0, 0.1) is 0 Å². The Kier molecular flexibility index (Phi) is 4.21. The zero-order valence-electron chi connectivity index (χ0n) is 10.7. The number of amides is 1. The minimum Gasteiger partial charge on any atom is -0.397 e. The van der Waals surface area contributed by atoms with Crippen molar-refractivity contribution in [3.05, 3.63) is 48.9 Å². The topological polar surface area (TPSA) is 55.1 Å². The normalized spacial score (nSPS) is 11.0. The molecule has 0 radical (unpaired) electrons. The number of hydrogen-bond acceptors (Lipinski definition) is 4. The smallest absolute Gasteiger partial charge is 0.263 e. The fraction of sp³-hybridized carbons (Fsp3) is 0.0714. The van der Waals surface area contributed by atoms with Gasteiger partial charge < -0.3 is 11.1 Å². The molecule has 0 aliphatic heterocycles. The number of nitrogens with one attached hydrogen (secondary N) is 1. The van der Waals surface area contributed by atoms with Gasteiger partial charge in [0.05, 0.1) is 17.3 Å². The van der Waals surface area contributed by atoms with E-state index in [1.807, 2.05) is 23.6 Å². The van der Waals surface area contributed by atoms with E-state index in [2.05, 4.69) is 21.2 Å². The second-order valence-corrected chi connectivity index (χ2v) is 7.65. The largest absolute Gasteiger partial charge is 0.397 e. The standard InChI is InChI=1S/C14H10BrClN2OS2/c15-7-4-5-20-10(7)6-18-14(19)13-12(17)11-8(16)2-1-3-9(11)21-13/h1-5H,6,17H2,(H,18,19). The zero-order valence-corrected chi connectivity index (χ0v) is 14.6. The average Bonchev–Trinajstić information content (AvgIpc) is 3.01. The molecule has 0 spiro atoms. The summed E-state index contributed by atoms with van der Waals surface area (Å²) in [6.45, 7) is 0.471. The van der Waals surface area contributed by atoms with Crippen molar-refractivity contribution in [1.82, 2.24) is 5.32 Å². The maximum atomic E-state index is 12.3. The van der Waals surface area contributed by atoms with Crippen molar-refractivity contribution in [3.63, 3.8) is 0 Å². The van der Waals surface area contributed by atoms with Crippen LogP contribution in [0.25, 0.3) is 10.1 Å². The molecule has 1 amide bonds.